The third-order valence-electron chi connectivity index (χ3n) is 3.54. The molecule has 1 N–H and O–H groups in total. The number of nitrogens with zero attached hydrogens (tertiary/aromatic N) is 1. The van der Waals surface area contributed by atoms with Gasteiger partial charge in [-0.25, -0.2) is 4.98 Å². The molecule has 0 spiro atoms. The maximum Gasteiger partial charge on any atom is 0.416 e. The number of para-hydroxylation sites is 1. The summed E-state index contributed by atoms with van der Waals surface area (Å²) >= 11 is 1.49. The predicted molar refractivity (Wildman–Crippen MR) is 98.6 cm³/mol. The van der Waals surface area contributed by atoms with Crippen molar-refractivity contribution in [3.8, 4) is 5.75 Å². The number of amides is 1. The second-order valence-corrected chi connectivity index (χ2v) is 6.58. The molecular weight excluding hydrogens is 377 g/mol. The molecular formula is C19H15F3N2O2S. The molecule has 1 amide bonds. The van der Waals surface area contributed by atoms with E-state index in [1.165, 1.54) is 29.5 Å². The normalized spacial score (nSPS) is 11.8. The van der Waals surface area contributed by atoms with Crippen molar-refractivity contribution >= 4 is 33.5 Å². The first-order chi connectivity index (χ1) is 12.9. The molecule has 2 aromatic carbocycles. The van der Waals surface area contributed by atoms with E-state index >= 15 is 0 Å². The lowest BCUT2D eigenvalue weighted by atomic mass is 10.2. The van der Waals surface area contributed by atoms with Crippen LogP contribution >= 0.6 is 11.3 Å². The topological polar surface area (TPSA) is 51.2 Å². The number of rotatable bonds is 6. The van der Waals surface area contributed by atoms with Gasteiger partial charge in [-0.1, -0.05) is 12.1 Å². The summed E-state index contributed by atoms with van der Waals surface area (Å²) in [4.78, 5) is 16.2. The van der Waals surface area contributed by atoms with Gasteiger partial charge in [0.25, 0.3) is 0 Å². The summed E-state index contributed by atoms with van der Waals surface area (Å²) < 4.78 is 43.8. The maximum atomic E-state index is 12.5. The summed E-state index contributed by atoms with van der Waals surface area (Å²) in [5, 5.41) is 3.37. The van der Waals surface area contributed by atoms with Gasteiger partial charge in [0.1, 0.15) is 17.4 Å². The van der Waals surface area contributed by atoms with Crippen LogP contribution in [-0.2, 0) is 11.0 Å². The summed E-state index contributed by atoms with van der Waals surface area (Å²) in [5.74, 6) is 0.00698. The molecule has 1 heterocycles. The Hall–Kier alpha value is -2.87. The number of thiazole rings is 1. The molecule has 0 aliphatic rings. The smallest absolute Gasteiger partial charge is 0.416 e. The highest BCUT2D eigenvalue weighted by Gasteiger charge is 2.29. The van der Waals surface area contributed by atoms with Crippen molar-refractivity contribution in [2.75, 3.05) is 13.2 Å². The molecule has 0 aliphatic carbocycles. The summed E-state index contributed by atoms with van der Waals surface area (Å²) in [7, 11) is 0. The summed E-state index contributed by atoms with van der Waals surface area (Å²) in [6.45, 7) is 0.371. The van der Waals surface area contributed by atoms with Gasteiger partial charge in [0.15, 0.2) is 0 Å². The fourth-order valence-corrected chi connectivity index (χ4v) is 3.12. The van der Waals surface area contributed by atoms with E-state index < -0.39 is 11.7 Å². The average Bonchev–Trinajstić information content (AvgIpc) is 3.06. The molecule has 0 unspecified atom stereocenters. The van der Waals surface area contributed by atoms with Crippen molar-refractivity contribution in [2.45, 2.75) is 6.18 Å². The minimum Gasteiger partial charge on any atom is -0.492 e. The number of carbonyl (C=O) groups excluding carboxylic acids is 1. The Balaban J connectivity index is 1.43. The van der Waals surface area contributed by atoms with Crippen LogP contribution in [0, 0.1) is 0 Å². The number of aromatic nitrogens is 1. The predicted octanol–water partition coefficient (Wildman–Crippen LogP) is 4.52. The van der Waals surface area contributed by atoms with Gasteiger partial charge in [-0.2, -0.15) is 13.2 Å². The third-order valence-corrected chi connectivity index (χ3v) is 4.54. The number of hydrogen-bond donors (Lipinski definition) is 1. The maximum absolute atomic E-state index is 12.5. The number of alkyl halides is 3. The number of fused-ring (bicyclic) bond motifs is 1. The van der Waals surface area contributed by atoms with Gasteiger partial charge in [-0.05, 0) is 42.5 Å². The van der Waals surface area contributed by atoms with E-state index in [9.17, 15) is 18.0 Å². The van der Waals surface area contributed by atoms with E-state index in [1.54, 1.807) is 6.08 Å². The number of nitrogens with one attached hydrogen (secondary N) is 1. The lowest BCUT2D eigenvalue weighted by Gasteiger charge is -2.09. The Morgan fingerprint density at radius 3 is 2.59 bits per heavy atom. The molecule has 8 heteroatoms. The van der Waals surface area contributed by atoms with E-state index in [1.807, 2.05) is 24.3 Å². The van der Waals surface area contributed by atoms with E-state index in [0.717, 1.165) is 27.4 Å². The first-order valence-corrected chi connectivity index (χ1v) is 8.85. The molecule has 140 valence electrons. The zero-order valence-corrected chi connectivity index (χ0v) is 14.8. The van der Waals surface area contributed by atoms with E-state index in [0.29, 0.717) is 5.75 Å². The van der Waals surface area contributed by atoms with Crippen LogP contribution in [0.5, 0.6) is 5.75 Å². The first kappa shape index (κ1) is 18.9. The quantitative estimate of drug-likeness (QED) is 0.496. The molecule has 3 aromatic rings. The van der Waals surface area contributed by atoms with Crippen LogP contribution in [0.1, 0.15) is 10.6 Å². The number of halogens is 3. The molecule has 0 saturated heterocycles. The van der Waals surface area contributed by atoms with Crippen molar-refractivity contribution in [1.82, 2.24) is 10.3 Å². The molecule has 3 rings (SSSR count). The molecule has 0 saturated carbocycles. The zero-order valence-electron chi connectivity index (χ0n) is 14.0. The zero-order chi connectivity index (χ0) is 19.3. The molecule has 0 bridgehead atoms. The Bertz CT molecular complexity index is 916. The Morgan fingerprint density at radius 1 is 1.15 bits per heavy atom. The average molecular weight is 392 g/mol. The number of benzene rings is 2. The van der Waals surface area contributed by atoms with Crippen LogP contribution in [0.2, 0.25) is 0 Å². The Kier molecular flexibility index (Phi) is 5.75. The van der Waals surface area contributed by atoms with Crippen molar-refractivity contribution < 1.29 is 22.7 Å². The van der Waals surface area contributed by atoms with Gasteiger partial charge in [0.2, 0.25) is 5.91 Å². The lowest BCUT2D eigenvalue weighted by Crippen LogP contribution is -2.26. The second kappa shape index (κ2) is 8.22. The fraction of sp³-hybridized carbons (Fsp3) is 0.158. The molecule has 27 heavy (non-hydrogen) atoms. The minimum atomic E-state index is -4.37. The third kappa shape index (κ3) is 5.30. The molecule has 0 aliphatic heterocycles. The van der Waals surface area contributed by atoms with Crippen LogP contribution in [-0.4, -0.2) is 24.0 Å². The molecule has 0 radical (unpaired) electrons. The Morgan fingerprint density at radius 2 is 1.89 bits per heavy atom. The first-order valence-electron chi connectivity index (χ1n) is 8.03. The number of carbonyl (C=O) groups is 1. The van der Waals surface area contributed by atoms with Crippen LogP contribution in [0.4, 0.5) is 13.2 Å². The van der Waals surface area contributed by atoms with Gasteiger partial charge in [0, 0.05) is 6.08 Å². The van der Waals surface area contributed by atoms with Crippen LogP contribution in [0.3, 0.4) is 0 Å². The highest BCUT2D eigenvalue weighted by atomic mass is 32.1. The summed E-state index contributed by atoms with van der Waals surface area (Å²) in [6, 6.07) is 12.1. The van der Waals surface area contributed by atoms with Crippen LogP contribution < -0.4 is 10.1 Å². The van der Waals surface area contributed by atoms with E-state index in [-0.39, 0.29) is 19.1 Å². The lowest BCUT2D eigenvalue weighted by molar-refractivity contribution is -0.137. The highest BCUT2D eigenvalue weighted by molar-refractivity contribution is 7.19. The summed E-state index contributed by atoms with van der Waals surface area (Å²) in [6.07, 6.45) is -1.35. The second-order valence-electron chi connectivity index (χ2n) is 5.51. The molecule has 1 aromatic heterocycles. The molecule has 4 nitrogen and oxygen atoms in total. The van der Waals surface area contributed by atoms with Gasteiger partial charge >= 0.3 is 6.18 Å². The minimum absolute atomic E-state index is 0.145. The SMILES string of the molecule is O=C(/C=C/c1nc2ccccc2s1)NCCOc1ccc(C(F)(F)F)cc1. The molecule has 0 fully saturated rings. The van der Waals surface area contributed by atoms with E-state index in [4.69, 9.17) is 4.74 Å². The van der Waals surface area contributed by atoms with Gasteiger partial charge in [-0.15, -0.1) is 11.3 Å². The van der Waals surface area contributed by atoms with Gasteiger partial charge < -0.3 is 10.1 Å². The van der Waals surface area contributed by atoms with Crippen LogP contribution in [0.25, 0.3) is 16.3 Å². The fourth-order valence-electron chi connectivity index (χ4n) is 2.25. The van der Waals surface area contributed by atoms with Crippen LogP contribution in [0.15, 0.2) is 54.6 Å². The highest BCUT2D eigenvalue weighted by Crippen LogP contribution is 2.30. The van der Waals surface area contributed by atoms with Gasteiger partial charge in [-0.3, -0.25) is 4.79 Å². The van der Waals surface area contributed by atoms with E-state index in [2.05, 4.69) is 10.3 Å². The van der Waals surface area contributed by atoms with Gasteiger partial charge in [0.05, 0.1) is 22.3 Å². The molecule has 0 atom stereocenters. The number of hydrogen-bond acceptors (Lipinski definition) is 4. The van der Waals surface area contributed by atoms with Crippen molar-refractivity contribution in [2.24, 2.45) is 0 Å². The van der Waals surface area contributed by atoms with Crippen molar-refractivity contribution in [3.63, 3.8) is 0 Å². The number of ether oxygens (including phenoxy) is 1. The summed E-state index contributed by atoms with van der Waals surface area (Å²) in [5.41, 5.74) is 0.149. The van der Waals surface area contributed by atoms with Crippen molar-refractivity contribution in [3.05, 3.63) is 65.2 Å². The standard InChI is InChI=1S/C19H15F3N2O2S/c20-19(21,22)13-5-7-14(8-6-13)26-12-11-23-17(25)9-10-18-24-15-3-1-2-4-16(15)27-18/h1-10H,11-12H2,(H,23,25)/b10-9+. The Labute approximate surface area is 157 Å². The largest absolute Gasteiger partial charge is 0.492 e. The van der Waals surface area contributed by atoms with Crippen molar-refractivity contribution in [1.29, 1.82) is 0 Å². The monoisotopic (exact) mass is 392 g/mol.